The average Bonchev–Trinajstić information content (AvgIpc) is 3.18. The third kappa shape index (κ3) is 2.67. The maximum atomic E-state index is 9.27. The van der Waals surface area contributed by atoms with Gasteiger partial charge in [-0.05, 0) is 61.7 Å². The first-order valence-electron chi connectivity index (χ1n) is 9.80. The van der Waals surface area contributed by atoms with Gasteiger partial charge in [0.2, 0.25) is 0 Å². The molecule has 4 fully saturated rings. The van der Waals surface area contributed by atoms with Crippen LogP contribution < -0.4 is 9.64 Å². The Kier molecular flexibility index (Phi) is 4.02. The third-order valence-electron chi connectivity index (χ3n) is 6.68. The van der Waals surface area contributed by atoms with Crippen LogP contribution in [0.4, 0.5) is 5.82 Å². The molecule has 138 valence electrons. The van der Waals surface area contributed by atoms with Crippen LogP contribution in [-0.4, -0.2) is 48.7 Å². The predicted molar refractivity (Wildman–Crippen MR) is 104 cm³/mol. The van der Waals surface area contributed by atoms with Gasteiger partial charge in [0.15, 0.2) is 0 Å². The van der Waals surface area contributed by atoms with E-state index in [1.165, 1.54) is 31.5 Å². The summed E-state index contributed by atoms with van der Waals surface area (Å²) in [6.07, 6.45) is 2.54. The first-order chi connectivity index (χ1) is 13.3. The summed E-state index contributed by atoms with van der Waals surface area (Å²) < 4.78 is 5.34. The Labute approximate surface area is 160 Å². The van der Waals surface area contributed by atoms with Gasteiger partial charge in [-0.15, -0.1) is 0 Å². The quantitative estimate of drug-likeness (QED) is 0.842. The van der Waals surface area contributed by atoms with Crippen molar-refractivity contribution in [2.24, 2.45) is 5.92 Å². The number of pyridine rings is 1. The van der Waals surface area contributed by atoms with E-state index in [2.05, 4.69) is 51.2 Å². The van der Waals surface area contributed by atoms with Gasteiger partial charge in [-0.3, -0.25) is 4.90 Å². The molecule has 5 heterocycles. The number of ether oxygens (including phenoxy) is 1. The van der Waals surface area contributed by atoms with Gasteiger partial charge in [0, 0.05) is 24.5 Å². The minimum Gasteiger partial charge on any atom is -0.497 e. The summed E-state index contributed by atoms with van der Waals surface area (Å²) in [5.41, 5.74) is 1.87. The van der Waals surface area contributed by atoms with Gasteiger partial charge in [-0.2, -0.15) is 5.26 Å². The van der Waals surface area contributed by atoms with Gasteiger partial charge < -0.3 is 9.64 Å². The van der Waals surface area contributed by atoms with Crippen LogP contribution in [0.2, 0.25) is 0 Å². The number of nitriles is 1. The Morgan fingerprint density at radius 1 is 1.07 bits per heavy atom. The van der Waals surface area contributed by atoms with Crippen LogP contribution in [0.5, 0.6) is 5.75 Å². The van der Waals surface area contributed by atoms with E-state index >= 15 is 0 Å². The summed E-state index contributed by atoms with van der Waals surface area (Å²) in [5, 5.41) is 9.27. The first-order valence-corrected chi connectivity index (χ1v) is 9.80. The summed E-state index contributed by atoms with van der Waals surface area (Å²) in [6, 6.07) is 17.6. The van der Waals surface area contributed by atoms with Crippen molar-refractivity contribution in [3.63, 3.8) is 0 Å². The molecule has 0 spiro atoms. The van der Waals surface area contributed by atoms with Crippen molar-refractivity contribution in [3.8, 4) is 11.8 Å². The number of nitrogens with zero attached hydrogens (tertiary/aromatic N) is 4. The number of rotatable bonds is 3. The zero-order valence-corrected chi connectivity index (χ0v) is 15.6. The molecule has 0 amide bonds. The van der Waals surface area contributed by atoms with Crippen molar-refractivity contribution >= 4 is 5.82 Å². The molecule has 5 heteroatoms. The monoisotopic (exact) mass is 360 g/mol. The highest BCUT2D eigenvalue weighted by Crippen LogP contribution is 2.47. The van der Waals surface area contributed by atoms with Crippen molar-refractivity contribution in [2.75, 3.05) is 31.6 Å². The van der Waals surface area contributed by atoms with E-state index in [9.17, 15) is 5.26 Å². The van der Waals surface area contributed by atoms with Crippen LogP contribution >= 0.6 is 0 Å². The molecule has 3 atom stereocenters. The van der Waals surface area contributed by atoms with E-state index in [1.54, 1.807) is 13.2 Å². The highest BCUT2D eigenvalue weighted by atomic mass is 16.5. The molecule has 0 saturated carbocycles. The smallest absolute Gasteiger partial charge is 0.142 e. The van der Waals surface area contributed by atoms with Crippen molar-refractivity contribution in [1.29, 1.82) is 5.26 Å². The van der Waals surface area contributed by atoms with Crippen LogP contribution in [-0.2, 0) is 0 Å². The average molecular weight is 360 g/mol. The molecule has 0 aliphatic carbocycles. The highest BCUT2D eigenvalue weighted by Gasteiger charge is 2.53. The lowest BCUT2D eigenvalue weighted by Gasteiger charge is -2.51. The molecular formula is C22H24N4O. The zero-order valence-electron chi connectivity index (χ0n) is 15.6. The maximum Gasteiger partial charge on any atom is 0.142 e. The minimum absolute atomic E-state index is 0.455. The lowest BCUT2D eigenvalue weighted by molar-refractivity contribution is 0.0354. The summed E-state index contributed by atoms with van der Waals surface area (Å²) >= 11 is 0. The van der Waals surface area contributed by atoms with Crippen LogP contribution in [0.15, 0.2) is 42.5 Å². The number of hydrogen-bond donors (Lipinski definition) is 0. The molecule has 4 aliphatic heterocycles. The number of methoxy groups -OCH3 is 1. The van der Waals surface area contributed by atoms with Crippen molar-refractivity contribution in [1.82, 2.24) is 9.88 Å². The summed E-state index contributed by atoms with van der Waals surface area (Å²) in [7, 11) is 1.71. The molecule has 5 nitrogen and oxygen atoms in total. The van der Waals surface area contributed by atoms with E-state index in [-0.39, 0.29) is 0 Å². The van der Waals surface area contributed by atoms with Crippen molar-refractivity contribution in [2.45, 2.75) is 30.8 Å². The zero-order chi connectivity index (χ0) is 18.4. The summed E-state index contributed by atoms with van der Waals surface area (Å²) in [4.78, 5) is 9.80. The second kappa shape index (κ2) is 6.54. The Morgan fingerprint density at radius 2 is 1.85 bits per heavy atom. The molecule has 0 radical (unpaired) electrons. The number of fused-ring (bicyclic) bond motifs is 2. The molecule has 6 rings (SSSR count). The summed E-state index contributed by atoms with van der Waals surface area (Å²) in [6.45, 7) is 3.37. The van der Waals surface area contributed by atoms with Crippen molar-refractivity contribution < 1.29 is 4.74 Å². The normalized spacial score (nSPS) is 31.4. The molecule has 2 aromatic rings. The fourth-order valence-corrected chi connectivity index (χ4v) is 5.47. The van der Waals surface area contributed by atoms with Crippen LogP contribution in [0.25, 0.3) is 0 Å². The predicted octanol–water partition coefficient (Wildman–Crippen LogP) is 3.03. The van der Waals surface area contributed by atoms with E-state index in [0.717, 1.165) is 24.0 Å². The van der Waals surface area contributed by atoms with Gasteiger partial charge in [-0.1, -0.05) is 18.2 Å². The fourth-order valence-electron chi connectivity index (χ4n) is 5.47. The third-order valence-corrected chi connectivity index (χ3v) is 6.68. The van der Waals surface area contributed by atoms with E-state index in [0.29, 0.717) is 23.7 Å². The molecule has 3 unspecified atom stereocenters. The summed E-state index contributed by atoms with van der Waals surface area (Å²) in [5.74, 6) is 3.03. The van der Waals surface area contributed by atoms with Gasteiger partial charge in [0.1, 0.15) is 23.3 Å². The van der Waals surface area contributed by atoms with Crippen LogP contribution in [0, 0.1) is 17.2 Å². The molecule has 0 N–H and O–H groups in total. The number of benzene rings is 1. The molecule has 1 aromatic heterocycles. The fraction of sp³-hybridized carbons (Fsp3) is 0.455. The van der Waals surface area contributed by atoms with E-state index in [1.807, 2.05) is 6.07 Å². The maximum absolute atomic E-state index is 9.27. The molecule has 27 heavy (non-hydrogen) atoms. The molecule has 2 bridgehead atoms. The number of aromatic nitrogens is 1. The minimum atomic E-state index is 0.455. The second-order valence-electron chi connectivity index (χ2n) is 7.88. The Bertz CT molecular complexity index is 867. The SMILES string of the molecule is COc1ccc(C2CN(c3cccc(C#N)n3)C3C4CCN(CC4)C23)cc1. The van der Waals surface area contributed by atoms with Crippen molar-refractivity contribution in [3.05, 3.63) is 53.7 Å². The Balaban J connectivity index is 1.54. The number of piperidine rings is 3. The van der Waals surface area contributed by atoms with Gasteiger partial charge in [0.05, 0.1) is 7.11 Å². The largest absolute Gasteiger partial charge is 0.497 e. The van der Waals surface area contributed by atoms with Gasteiger partial charge in [-0.25, -0.2) is 4.98 Å². The van der Waals surface area contributed by atoms with Crippen LogP contribution in [0.1, 0.15) is 30.0 Å². The molecule has 1 aromatic carbocycles. The van der Waals surface area contributed by atoms with Crippen LogP contribution in [0.3, 0.4) is 0 Å². The number of anilines is 1. The lowest BCUT2D eigenvalue weighted by Crippen LogP contribution is -2.60. The lowest BCUT2D eigenvalue weighted by atomic mass is 9.75. The van der Waals surface area contributed by atoms with E-state index < -0.39 is 0 Å². The standard InChI is InChI=1S/C22H24N4O/c1-27-18-7-5-15(6-8-18)19-14-26(20-4-2-3-17(13-23)24-20)21-16-9-11-25(12-10-16)22(19)21/h2-8,16,19,21-22H,9-12,14H2,1H3. The van der Waals surface area contributed by atoms with E-state index in [4.69, 9.17) is 4.74 Å². The first kappa shape index (κ1) is 16.6. The number of hydrogen-bond acceptors (Lipinski definition) is 5. The molecule has 4 aliphatic rings. The Hall–Kier alpha value is -2.58. The van der Waals surface area contributed by atoms with Gasteiger partial charge in [0.25, 0.3) is 0 Å². The Morgan fingerprint density at radius 3 is 2.56 bits per heavy atom. The highest BCUT2D eigenvalue weighted by molar-refractivity contribution is 5.48. The molecule has 4 saturated heterocycles. The van der Waals surface area contributed by atoms with Gasteiger partial charge >= 0.3 is 0 Å². The topological polar surface area (TPSA) is 52.4 Å². The molecular weight excluding hydrogens is 336 g/mol. The second-order valence-corrected chi connectivity index (χ2v) is 7.88.